The normalized spacial score (nSPS) is 16.2. The van der Waals surface area contributed by atoms with Crippen LogP contribution in [-0.4, -0.2) is 23.9 Å². The second-order valence-corrected chi connectivity index (χ2v) is 5.79. The molecule has 0 aromatic heterocycles. The first-order chi connectivity index (χ1) is 11.6. The maximum atomic E-state index is 12.5. The summed E-state index contributed by atoms with van der Waals surface area (Å²) in [5, 5.41) is 29.4. The summed E-state index contributed by atoms with van der Waals surface area (Å²) in [7, 11) is 0. The second kappa shape index (κ2) is 7.81. The van der Waals surface area contributed by atoms with Crippen molar-refractivity contribution in [3.05, 3.63) is 41.1 Å². The van der Waals surface area contributed by atoms with Gasteiger partial charge in [0.1, 0.15) is 23.9 Å². The first-order valence-electron chi connectivity index (χ1n) is 7.70. The summed E-state index contributed by atoms with van der Waals surface area (Å²) in [6, 6.07) is 11.8. The Labute approximate surface area is 141 Å². The molecule has 1 N–H and O–H groups in total. The molecular weight excluding hydrogens is 302 g/mol. The van der Waals surface area contributed by atoms with Crippen LogP contribution in [0, 0.1) is 39.9 Å². The van der Waals surface area contributed by atoms with Crippen molar-refractivity contribution >= 4 is 11.6 Å². The quantitative estimate of drug-likeness (QED) is 0.863. The maximum absolute atomic E-state index is 12.5. The SMILES string of the molecule is CC1CCCN(C(=O)c2ccc(NC(C#N)=C(C#N)C#N)cc2)C1. The third-order valence-electron chi connectivity index (χ3n) is 3.93. The molecule has 1 atom stereocenters. The van der Waals surface area contributed by atoms with Gasteiger partial charge in [0, 0.05) is 24.3 Å². The van der Waals surface area contributed by atoms with Gasteiger partial charge in [-0.1, -0.05) is 6.92 Å². The molecule has 1 aromatic rings. The number of amides is 1. The Kier molecular flexibility index (Phi) is 5.55. The smallest absolute Gasteiger partial charge is 0.253 e. The fraction of sp³-hybridized carbons (Fsp3) is 0.333. The van der Waals surface area contributed by atoms with Crippen molar-refractivity contribution in [2.24, 2.45) is 5.92 Å². The number of hydrogen-bond acceptors (Lipinski definition) is 5. The highest BCUT2D eigenvalue weighted by molar-refractivity contribution is 5.94. The number of allylic oxidation sites excluding steroid dienone is 2. The molecule has 120 valence electrons. The van der Waals surface area contributed by atoms with Gasteiger partial charge in [-0.25, -0.2) is 0 Å². The zero-order valence-electron chi connectivity index (χ0n) is 13.4. The number of anilines is 1. The molecule has 1 saturated heterocycles. The first-order valence-corrected chi connectivity index (χ1v) is 7.70. The summed E-state index contributed by atoms with van der Waals surface area (Å²) in [5.41, 5.74) is 0.736. The lowest BCUT2D eigenvalue weighted by molar-refractivity contribution is 0.0683. The number of hydrogen-bond donors (Lipinski definition) is 1. The van der Waals surface area contributed by atoms with Crippen LogP contribution in [0.1, 0.15) is 30.1 Å². The van der Waals surface area contributed by atoms with E-state index in [1.807, 2.05) is 4.90 Å². The molecule has 1 aromatic carbocycles. The molecule has 0 aliphatic carbocycles. The largest absolute Gasteiger partial charge is 0.345 e. The van der Waals surface area contributed by atoms with Gasteiger partial charge in [-0.3, -0.25) is 4.79 Å². The highest BCUT2D eigenvalue weighted by atomic mass is 16.2. The van der Waals surface area contributed by atoms with E-state index in [1.54, 1.807) is 42.5 Å². The molecule has 6 heteroatoms. The van der Waals surface area contributed by atoms with Crippen LogP contribution in [0.15, 0.2) is 35.5 Å². The van der Waals surface area contributed by atoms with Crippen molar-refractivity contribution in [3.63, 3.8) is 0 Å². The van der Waals surface area contributed by atoms with Crippen LogP contribution < -0.4 is 5.32 Å². The van der Waals surface area contributed by atoms with E-state index in [4.69, 9.17) is 15.8 Å². The van der Waals surface area contributed by atoms with Gasteiger partial charge in [0.25, 0.3) is 5.91 Å². The molecule has 24 heavy (non-hydrogen) atoms. The highest BCUT2D eigenvalue weighted by Crippen LogP contribution is 2.19. The van der Waals surface area contributed by atoms with Crippen LogP contribution in [0.2, 0.25) is 0 Å². The van der Waals surface area contributed by atoms with Crippen molar-refractivity contribution < 1.29 is 4.79 Å². The van der Waals surface area contributed by atoms with Gasteiger partial charge < -0.3 is 10.2 Å². The van der Waals surface area contributed by atoms with Crippen LogP contribution in [0.5, 0.6) is 0 Å². The van der Waals surface area contributed by atoms with Gasteiger partial charge in [-0.2, -0.15) is 15.8 Å². The van der Waals surface area contributed by atoms with E-state index in [2.05, 4.69) is 12.2 Å². The van der Waals surface area contributed by atoms with Crippen molar-refractivity contribution in [2.75, 3.05) is 18.4 Å². The number of likely N-dealkylation sites (tertiary alicyclic amines) is 1. The Bertz CT molecular complexity index is 758. The molecular formula is C18H17N5O. The van der Waals surface area contributed by atoms with Crippen LogP contribution in [0.4, 0.5) is 5.69 Å². The van der Waals surface area contributed by atoms with E-state index in [0.717, 1.165) is 25.9 Å². The van der Waals surface area contributed by atoms with Crippen molar-refractivity contribution in [1.82, 2.24) is 4.90 Å². The maximum Gasteiger partial charge on any atom is 0.253 e. The number of benzene rings is 1. The molecule has 1 amide bonds. The summed E-state index contributed by atoms with van der Waals surface area (Å²) in [4.78, 5) is 14.4. The van der Waals surface area contributed by atoms with E-state index >= 15 is 0 Å². The molecule has 1 unspecified atom stereocenters. The zero-order chi connectivity index (χ0) is 17.5. The average Bonchev–Trinajstić information content (AvgIpc) is 2.61. The fourth-order valence-corrected chi connectivity index (χ4v) is 2.68. The number of piperidine rings is 1. The summed E-state index contributed by atoms with van der Waals surface area (Å²) in [6.07, 6.45) is 2.17. The third kappa shape index (κ3) is 3.91. The molecule has 0 bridgehead atoms. The highest BCUT2D eigenvalue weighted by Gasteiger charge is 2.21. The minimum Gasteiger partial charge on any atom is -0.345 e. The first kappa shape index (κ1) is 17.1. The van der Waals surface area contributed by atoms with E-state index < -0.39 is 0 Å². The Hall–Kier alpha value is -3.30. The van der Waals surface area contributed by atoms with Crippen LogP contribution in [0.25, 0.3) is 0 Å². The standard InChI is InChI=1S/C18H17N5O/c1-13-3-2-8-23(12-13)18(24)14-4-6-16(7-5-14)22-17(11-21)15(9-19)10-20/h4-7,13,22H,2-3,8,12H2,1H3. The number of carbonyl (C=O) groups excluding carboxylic acids is 1. The van der Waals surface area contributed by atoms with Gasteiger partial charge in [0.15, 0.2) is 5.57 Å². The predicted molar refractivity (Wildman–Crippen MR) is 88.2 cm³/mol. The molecule has 1 aliphatic heterocycles. The number of carbonyl (C=O) groups is 1. The Morgan fingerprint density at radius 1 is 1.17 bits per heavy atom. The molecule has 6 nitrogen and oxygen atoms in total. The monoisotopic (exact) mass is 319 g/mol. The van der Waals surface area contributed by atoms with Gasteiger partial charge in [-0.15, -0.1) is 0 Å². The van der Waals surface area contributed by atoms with E-state index in [0.29, 0.717) is 17.2 Å². The number of nitrogens with zero attached hydrogens (tertiary/aromatic N) is 4. The van der Waals surface area contributed by atoms with Gasteiger partial charge >= 0.3 is 0 Å². The minimum atomic E-state index is -0.278. The van der Waals surface area contributed by atoms with E-state index in [9.17, 15) is 4.79 Å². The summed E-state index contributed by atoms with van der Waals surface area (Å²) in [6.45, 7) is 3.69. The molecule has 1 heterocycles. The summed E-state index contributed by atoms with van der Waals surface area (Å²) >= 11 is 0. The summed E-state index contributed by atoms with van der Waals surface area (Å²) < 4.78 is 0. The Balaban J connectivity index is 2.12. The van der Waals surface area contributed by atoms with Gasteiger partial charge in [-0.05, 0) is 43.0 Å². The zero-order valence-corrected chi connectivity index (χ0v) is 13.4. The Morgan fingerprint density at radius 3 is 2.38 bits per heavy atom. The number of nitriles is 3. The average molecular weight is 319 g/mol. The number of nitrogens with one attached hydrogen (secondary N) is 1. The molecule has 0 saturated carbocycles. The van der Waals surface area contributed by atoms with Crippen molar-refractivity contribution in [2.45, 2.75) is 19.8 Å². The van der Waals surface area contributed by atoms with Gasteiger partial charge in [0.05, 0.1) is 0 Å². The third-order valence-corrected chi connectivity index (χ3v) is 3.93. The van der Waals surface area contributed by atoms with Crippen molar-refractivity contribution in [3.8, 4) is 18.2 Å². The fourth-order valence-electron chi connectivity index (χ4n) is 2.68. The predicted octanol–water partition coefficient (Wildman–Crippen LogP) is 2.80. The molecule has 0 spiro atoms. The molecule has 1 fully saturated rings. The lowest BCUT2D eigenvalue weighted by atomic mass is 9.99. The van der Waals surface area contributed by atoms with Crippen LogP contribution >= 0.6 is 0 Å². The Morgan fingerprint density at radius 2 is 1.83 bits per heavy atom. The number of rotatable bonds is 3. The van der Waals surface area contributed by atoms with Crippen molar-refractivity contribution in [1.29, 1.82) is 15.8 Å². The second-order valence-electron chi connectivity index (χ2n) is 5.79. The molecule has 1 aliphatic rings. The van der Waals surface area contributed by atoms with Gasteiger partial charge in [0.2, 0.25) is 0 Å². The van der Waals surface area contributed by atoms with E-state index in [1.165, 1.54) is 0 Å². The van der Waals surface area contributed by atoms with Crippen LogP contribution in [-0.2, 0) is 0 Å². The van der Waals surface area contributed by atoms with Crippen LogP contribution in [0.3, 0.4) is 0 Å². The molecule has 2 rings (SSSR count). The lowest BCUT2D eigenvalue weighted by Gasteiger charge is -2.31. The lowest BCUT2D eigenvalue weighted by Crippen LogP contribution is -2.39. The molecule has 0 radical (unpaired) electrons. The topological polar surface area (TPSA) is 104 Å². The minimum absolute atomic E-state index is 0.00103. The summed E-state index contributed by atoms with van der Waals surface area (Å²) in [5.74, 6) is 0.515. The van der Waals surface area contributed by atoms with E-state index in [-0.39, 0.29) is 17.2 Å².